The van der Waals surface area contributed by atoms with Crippen molar-refractivity contribution in [2.24, 2.45) is 5.92 Å². The van der Waals surface area contributed by atoms with Crippen molar-refractivity contribution in [3.05, 3.63) is 11.6 Å². The first kappa shape index (κ1) is 8.69. The van der Waals surface area contributed by atoms with E-state index in [1.165, 1.54) is 0 Å². The zero-order chi connectivity index (χ0) is 9.26. The third-order valence-corrected chi connectivity index (χ3v) is 2.70. The molecule has 0 amide bonds. The molecule has 0 fully saturated rings. The van der Waals surface area contributed by atoms with E-state index in [1.807, 2.05) is 0 Å². The van der Waals surface area contributed by atoms with Gasteiger partial charge < -0.3 is 9.67 Å². The van der Waals surface area contributed by atoms with E-state index in [-0.39, 0.29) is 6.61 Å². The van der Waals surface area contributed by atoms with Crippen molar-refractivity contribution in [1.29, 1.82) is 0 Å². The van der Waals surface area contributed by atoms with Gasteiger partial charge in [-0.05, 0) is 6.42 Å². The lowest BCUT2D eigenvalue weighted by Crippen LogP contribution is -2.24. The second-order valence-electron chi connectivity index (χ2n) is 3.58. The van der Waals surface area contributed by atoms with Crippen LogP contribution in [0.3, 0.4) is 0 Å². The maximum absolute atomic E-state index is 9.06. The van der Waals surface area contributed by atoms with Crippen LogP contribution in [0.15, 0.2) is 0 Å². The van der Waals surface area contributed by atoms with Crippen LogP contribution in [0, 0.1) is 5.92 Å². The fourth-order valence-corrected chi connectivity index (χ4v) is 1.86. The predicted octanol–water partition coefficient (Wildman–Crippen LogP) is 0.395. The number of aliphatic hydroxyl groups excluding tert-OH is 1. The van der Waals surface area contributed by atoms with E-state index >= 15 is 0 Å². The largest absolute Gasteiger partial charge is 0.396 e. The molecule has 0 aromatic carbocycles. The van der Waals surface area contributed by atoms with E-state index in [0.29, 0.717) is 5.92 Å². The van der Waals surface area contributed by atoms with E-state index in [4.69, 9.17) is 5.11 Å². The summed E-state index contributed by atoms with van der Waals surface area (Å²) >= 11 is 0. The van der Waals surface area contributed by atoms with E-state index in [2.05, 4.69) is 21.7 Å². The maximum Gasteiger partial charge on any atom is 0.133 e. The smallest absolute Gasteiger partial charge is 0.133 e. The second kappa shape index (κ2) is 3.46. The van der Waals surface area contributed by atoms with Gasteiger partial charge in [-0.2, -0.15) is 0 Å². The molecule has 1 aromatic heterocycles. The van der Waals surface area contributed by atoms with Gasteiger partial charge in [0.1, 0.15) is 11.6 Å². The van der Waals surface area contributed by atoms with Crippen LogP contribution in [0.4, 0.5) is 0 Å². The molecule has 72 valence electrons. The standard InChI is InChI=1S/C9H15N3O/c1-2-8-10-11-9-4-3-7(6-13)5-12(8)9/h7,13H,2-6H2,1H3. The van der Waals surface area contributed by atoms with E-state index in [1.54, 1.807) is 0 Å². The average Bonchev–Trinajstić information content (AvgIpc) is 2.59. The highest BCUT2D eigenvalue weighted by Crippen LogP contribution is 2.19. The highest BCUT2D eigenvalue weighted by atomic mass is 16.3. The number of hydrogen-bond donors (Lipinski definition) is 1. The third-order valence-electron chi connectivity index (χ3n) is 2.70. The van der Waals surface area contributed by atoms with Crippen molar-refractivity contribution in [2.45, 2.75) is 32.7 Å². The Labute approximate surface area is 77.6 Å². The molecule has 0 bridgehead atoms. The van der Waals surface area contributed by atoms with Crippen molar-refractivity contribution in [2.75, 3.05) is 6.61 Å². The Balaban J connectivity index is 2.25. The van der Waals surface area contributed by atoms with Gasteiger partial charge in [-0.1, -0.05) is 6.92 Å². The zero-order valence-corrected chi connectivity index (χ0v) is 7.90. The molecular formula is C9H15N3O. The first-order chi connectivity index (χ1) is 6.35. The highest BCUT2D eigenvalue weighted by molar-refractivity contribution is 4.99. The molecule has 1 aliphatic heterocycles. The second-order valence-corrected chi connectivity index (χ2v) is 3.58. The van der Waals surface area contributed by atoms with Gasteiger partial charge in [-0.15, -0.1) is 10.2 Å². The SMILES string of the molecule is CCc1nnc2n1CC(CO)CC2. The minimum atomic E-state index is 0.279. The Morgan fingerprint density at radius 3 is 3.08 bits per heavy atom. The number of nitrogens with zero attached hydrogens (tertiary/aromatic N) is 3. The van der Waals surface area contributed by atoms with Crippen molar-refractivity contribution in [3.63, 3.8) is 0 Å². The number of aryl methyl sites for hydroxylation is 2. The fraction of sp³-hybridized carbons (Fsp3) is 0.778. The molecule has 4 heteroatoms. The molecule has 1 N–H and O–H groups in total. The van der Waals surface area contributed by atoms with Crippen LogP contribution in [0.25, 0.3) is 0 Å². The van der Waals surface area contributed by atoms with Crippen LogP contribution < -0.4 is 0 Å². The Kier molecular flexibility index (Phi) is 2.31. The first-order valence-corrected chi connectivity index (χ1v) is 4.87. The van der Waals surface area contributed by atoms with Crippen LogP contribution in [-0.2, 0) is 19.4 Å². The summed E-state index contributed by atoms with van der Waals surface area (Å²) in [5, 5.41) is 17.3. The minimum absolute atomic E-state index is 0.279. The van der Waals surface area contributed by atoms with Crippen LogP contribution in [0.1, 0.15) is 25.0 Å². The molecule has 0 saturated heterocycles. The quantitative estimate of drug-likeness (QED) is 0.718. The Bertz CT molecular complexity index is 282. The lowest BCUT2D eigenvalue weighted by atomic mass is 10.0. The molecule has 0 spiro atoms. The van der Waals surface area contributed by atoms with Gasteiger partial charge in [-0.25, -0.2) is 0 Å². The summed E-state index contributed by atoms with van der Waals surface area (Å²) < 4.78 is 2.16. The van der Waals surface area contributed by atoms with Gasteiger partial charge >= 0.3 is 0 Å². The monoisotopic (exact) mass is 181 g/mol. The Morgan fingerprint density at radius 2 is 2.38 bits per heavy atom. The number of fused-ring (bicyclic) bond motifs is 1. The molecular weight excluding hydrogens is 166 g/mol. The summed E-state index contributed by atoms with van der Waals surface area (Å²) in [5.41, 5.74) is 0. The summed E-state index contributed by atoms with van der Waals surface area (Å²) in [5.74, 6) is 2.53. The maximum atomic E-state index is 9.06. The average molecular weight is 181 g/mol. The van der Waals surface area contributed by atoms with Crippen molar-refractivity contribution in [3.8, 4) is 0 Å². The Morgan fingerprint density at radius 1 is 1.54 bits per heavy atom. The molecule has 4 nitrogen and oxygen atoms in total. The number of hydrogen-bond acceptors (Lipinski definition) is 3. The van der Waals surface area contributed by atoms with Gasteiger partial charge in [0.05, 0.1) is 0 Å². The van der Waals surface area contributed by atoms with Gasteiger partial charge in [0, 0.05) is 31.9 Å². The van der Waals surface area contributed by atoms with E-state index < -0.39 is 0 Å². The third kappa shape index (κ3) is 1.46. The summed E-state index contributed by atoms with van der Waals surface area (Å²) in [6.45, 7) is 3.25. The number of aromatic nitrogens is 3. The lowest BCUT2D eigenvalue weighted by molar-refractivity contribution is 0.189. The topological polar surface area (TPSA) is 50.9 Å². The number of rotatable bonds is 2. The Hall–Kier alpha value is -0.900. The molecule has 1 aromatic rings. The van der Waals surface area contributed by atoms with E-state index in [9.17, 15) is 0 Å². The highest BCUT2D eigenvalue weighted by Gasteiger charge is 2.21. The number of aliphatic hydroxyl groups is 1. The molecule has 0 aliphatic carbocycles. The van der Waals surface area contributed by atoms with Crippen molar-refractivity contribution < 1.29 is 5.11 Å². The van der Waals surface area contributed by atoms with E-state index in [0.717, 1.165) is 37.5 Å². The van der Waals surface area contributed by atoms with Gasteiger partial charge in [0.25, 0.3) is 0 Å². The van der Waals surface area contributed by atoms with Crippen molar-refractivity contribution >= 4 is 0 Å². The fourth-order valence-electron chi connectivity index (χ4n) is 1.86. The van der Waals surface area contributed by atoms with Gasteiger partial charge in [-0.3, -0.25) is 0 Å². The van der Waals surface area contributed by atoms with Crippen LogP contribution in [-0.4, -0.2) is 26.5 Å². The first-order valence-electron chi connectivity index (χ1n) is 4.87. The summed E-state index contributed by atoms with van der Waals surface area (Å²) in [6.07, 6.45) is 2.92. The van der Waals surface area contributed by atoms with Gasteiger partial charge in [0.15, 0.2) is 0 Å². The van der Waals surface area contributed by atoms with Crippen LogP contribution >= 0.6 is 0 Å². The van der Waals surface area contributed by atoms with Crippen LogP contribution in [0.5, 0.6) is 0 Å². The minimum Gasteiger partial charge on any atom is -0.396 e. The normalized spacial score (nSPS) is 21.5. The molecule has 2 heterocycles. The molecule has 0 saturated carbocycles. The van der Waals surface area contributed by atoms with Crippen LogP contribution in [0.2, 0.25) is 0 Å². The summed E-state index contributed by atoms with van der Waals surface area (Å²) in [6, 6.07) is 0. The molecule has 1 unspecified atom stereocenters. The lowest BCUT2D eigenvalue weighted by Gasteiger charge is -2.22. The molecule has 13 heavy (non-hydrogen) atoms. The predicted molar refractivity (Wildman–Crippen MR) is 48.3 cm³/mol. The molecule has 1 aliphatic rings. The summed E-state index contributed by atoms with van der Waals surface area (Å²) in [7, 11) is 0. The van der Waals surface area contributed by atoms with Gasteiger partial charge in [0.2, 0.25) is 0 Å². The molecule has 1 atom stereocenters. The zero-order valence-electron chi connectivity index (χ0n) is 7.90. The molecule has 0 radical (unpaired) electrons. The summed E-state index contributed by atoms with van der Waals surface area (Å²) in [4.78, 5) is 0. The van der Waals surface area contributed by atoms with Crippen molar-refractivity contribution in [1.82, 2.24) is 14.8 Å². The molecule has 2 rings (SSSR count).